The summed E-state index contributed by atoms with van der Waals surface area (Å²) < 4.78 is 41.7. The SMILES string of the molecule is Cc1ccoc1CNc1ccc(SC(F)(F)F)cc1. The second-order valence-corrected chi connectivity index (χ2v) is 5.09. The highest BCUT2D eigenvalue weighted by atomic mass is 32.2. The Balaban J connectivity index is 1.94. The molecule has 1 N–H and O–H groups in total. The van der Waals surface area contributed by atoms with Crippen molar-refractivity contribution in [3.05, 3.63) is 47.9 Å². The average Bonchev–Trinajstić information content (AvgIpc) is 2.72. The van der Waals surface area contributed by atoms with Crippen molar-refractivity contribution in [2.24, 2.45) is 0 Å². The van der Waals surface area contributed by atoms with Crippen LogP contribution in [0.25, 0.3) is 0 Å². The number of benzene rings is 1. The zero-order valence-electron chi connectivity index (χ0n) is 10.1. The first-order valence-corrected chi connectivity index (χ1v) is 6.38. The summed E-state index contributed by atoms with van der Waals surface area (Å²) >= 11 is -0.119. The number of thioether (sulfide) groups is 1. The van der Waals surface area contributed by atoms with Gasteiger partial charge >= 0.3 is 5.51 Å². The van der Waals surface area contributed by atoms with E-state index < -0.39 is 5.51 Å². The second-order valence-electron chi connectivity index (χ2n) is 3.95. The van der Waals surface area contributed by atoms with E-state index in [1.807, 2.05) is 13.0 Å². The maximum Gasteiger partial charge on any atom is 0.446 e. The summed E-state index contributed by atoms with van der Waals surface area (Å²) in [5.74, 6) is 0.814. The summed E-state index contributed by atoms with van der Waals surface area (Å²) in [6.07, 6.45) is 1.61. The van der Waals surface area contributed by atoms with E-state index in [2.05, 4.69) is 5.32 Å². The van der Waals surface area contributed by atoms with Gasteiger partial charge in [-0.3, -0.25) is 0 Å². The highest BCUT2D eigenvalue weighted by Crippen LogP contribution is 2.37. The molecule has 19 heavy (non-hydrogen) atoms. The fourth-order valence-corrected chi connectivity index (χ4v) is 2.08. The second kappa shape index (κ2) is 5.61. The number of furan rings is 1. The third-order valence-corrected chi connectivity index (χ3v) is 3.25. The van der Waals surface area contributed by atoms with Crippen molar-refractivity contribution < 1.29 is 17.6 Å². The topological polar surface area (TPSA) is 25.2 Å². The predicted molar refractivity (Wildman–Crippen MR) is 69.1 cm³/mol. The van der Waals surface area contributed by atoms with Crippen molar-refractivity contribution in [2.45, 2.75) is 23.9 Å². The minimum Gasteiger partial charge on any atom is -0.467 e. The van der Waals surface area contributed by atoms with Gasteiger partial charge in [0.05, 0.1) is 12.8 Å². The summed E-state index contributed by atoms with van der Waals surface area (Å²) in [4.78, 5) is 0.173. The number of hydrogen-bond donors (Lipinski definition) is 1. The molecule has 0 saturated heterocycles. The van der Waals surface area contributed by atoms with Crippen LogP contribution in [0.1, 0.15) is 11.3 Å². The lowest BCUT2D eigenvalue weighted by Gasteiger charge is -2.08. The van der Waals surface area contributed by atoms with E-state index in [9.17, 15) is 13.2 Å². The Hall–Kier alpha value is -1.56. The molecule has 6 heteroatoms. The zero-order chi connectivity index (χ0) is 13.9. The van der Waals surface area contributed by atoms with E-state index in [1.165, 1.54) is 12.1 Å². The molecule has 1 heterocycles. The van der Waals surface area contributed by atoms with E-state index in [1.54, 1.807) is 18.4 Å². The van der Waals surface area contributed by atoms with Crippen molar-refractivity contribution in [2.75, 3.05) is 5.32 Å². The molecule has 0 bridgehead atoms. The first kappa shape index (κ1) is 13.9. The molecule has 1 aromatic carbocycles. The molecule has 0 atom stereocenters. The highest BCUT2D eigenvalue weighted by molar-refractivity contribution is 8.00. The van der Waals surface area contributed by atoms with Crippen LogP contribution >= 0.6 is 11.8 Å². The van der Waals surface area contributed by atoms with Crippen LogP contribution in [0, 0.1) is 6.92 Å². The van der Waals surface area contributed by atoms with Crippen LogP contribution in [-0.4, -0.2) is 5.51 Å². The minimum atomic E-state index is -4.25. The third kappa shape index (κ3) is 4.24. The molecule has 2 aromatic rings. The Morgan fingerprint density at radius 3 is 2.37 bits per heavy atom. The standard InChI is InChI=1S/C13H12F3NOS/c1-9-6-7-18-12(9)8-17-10-2-4-11(5-3-10)19-13(14,15)16/h2-7,17H,8H2,1H3. The van der Waals surface area contributed by atoms with E-state index in [-0.39, 0.29) is 16.7 Å². The Labute approximate surface area is 113 Å². The van der Waals surface area contributed by atoms with Crippen molar-refractivity contribution in [3.8, 4) is 0 Å². The summed E-state index contributed by atoms with van der Waals surface area (Å²) in [5, 5.41) is 3.09. The molecule has 0 aliphatic carbocycles. The van der Waals surface area contributed by atoms with Crippen molar-refractivity contribution in [1.82, 2.24) is 0 Å². The molecular formula is C13H12F3NOS. The number of halogens is 3. The lowest BCUT2D eigenvalue weighted by atomic mass is 10.2. The van der Waals surface area contributed by atoms with Crippen molar-refractivity contribution in [3.63, 3.8) is 0 Å². The molecule has 0 fully saturated rings. The van der Waals surface area contributed by atoms with Gasteiger partial charge in [0.1, 0.15) is 5.76 Å². The van der Waals surface area contributed by atoms with Gasteiger partial charge in [0.25, 0.3) is 0 Å². The quantitative estimate of drug-likeness (QED) is 0.817. The van der Waals surface area contributed by atoms with Crippen LogP contribution in [0.5, 0.6) is 0 Å². The normalized spacial score (nSPS) is 11.6. The van der Waals surface area contributed by atoms with Gasteiger partial charge in [-0.25, -0.2) is 0 Å². The molecule has 0 radical (unpaired) electrons. The molecule has 2 nitrogen and oxygen atoms in total. The van der Waals surface area contributed by atoms with Gasteiger partial charge in [0.15, 0.2) is 0 Å². The summed E-state index contributed by atoms with van der Waals surface area (Å²) in [7, 11) is 0. The lowest BCUT2D eigenvalue weighted by Crippen LogP contribution is -2.00. The van der Waals surface area contributed by atoms with Gasteiger partial charge in [-0.05, 0) is 54.6 Å². The number of rotatable bonds is 4. The van der Waals surface area contributed by atoms with Crippen molar-refractivity contribution >= 4 is 17.4 Å². The van der Waals surface area contributed by atoms with Crippen molar-refractivity contribution in [1.29, 1.82) is 0 Å². The maximum atomic E-state index is 12.2. The number of aryl methyl sites for hydroxylation is 1. The fourth-order valence-electron chi connectivity index (χ4n) is 1.54. The number of alkyl halides is 3. The van der Waals surface area contributed by atoms with Crippen LogP contribution in [0.4, 0.5) is 18.9 Å². The smallest absolute Gasteiger partial charge is 0.446 e. The average molecular weight is 287 g/mol. The minimum absolute atomic E-state index is 0.119. The largest absolute Gasteiger partial charge is 0.467 e. The van der Waals surface area contributed by atoms with Gasteiger partial charge in [-0.1, -0.05) is 0 Å². The molecular weight excluding hydrogens is 275 g/mol. The predicted octanol–water partition coefficient (Wildman–Crippen LogP) is 4.81. The molecule has 0 aliphatic heterocycles. The van der Waals surface area contributed by atoms with Gasteiger partial charge in [-0.2, -0.15) is 13.2 Å². The Kier molecular flexibility index (Phi) is 4.09. The fraction of sp³-hybridized carbons (Fsp3) is 0.231. The van der Waals surface area contributed by atoms with Crippen LogP contribution in [-0.2, 0) is 6.54 Å². The van der Waals surface area contributed by atoms with Crippen LogP contribution in [0.15, 0.2) is 45.9 Å². The first-order chi connectivity index (χ1) is 8.94. The maximum absolute atomic E-state index is 12.2. The Morgan fingerprint density at radius 2 is 1.84 bits per heavy atom. The zero-order valence-corrected chi connectivity index (χ0v) is 10.9. The summed E-state index contributed by atoms with van der Waals surface area (Å²) in [5.41, 5.74) is -2.46. The van der Waals surface area contributed by atoms with E-state index >= 15 is 0 Å². The molecule has 0 saturated carbocycles. The Morgan fingerprint density at radius 1 is 1.16 bits per heavy atom. The van der Waals surface area contributed by atoms with Crippen LogP contribution in [0.3, 0.4) is 0 Å². The highest BCUT2D eigenvalue weighted by Gasteiger charge is 2.28. The molecule has 0 unspecified atom stereocenters. The monoisotopic (exact) mass is 287 g/mol. The molecule has 2 rings (SSSR count). The molecule has 102 valence electrons. The first-order valence-electron chi connectivity index (χ1n) is 5.57. The lowest BCUT2D eigenvalue weighted by molar-refractivity contribution is -0.0328. The van der Waals surface area contributed by atoms with E-state index in [4.69, 9.17) is 4.42 Å². The molecule has 0 aliphatic rings. The number of nitrogens with one attached hydrogen (secondary N) is 1. The molecule has 0 spiro atoms. The molecule has 1 aromatic heterocycles. The molecule has 0 amide bonds. The third-order valence-electron chi connectivity index (χ3n) is 2.51. The number of anilines is 1. The van der Waals surface area contributed by atoms with E-state index in [0.29, 0.717) is 6.54 Å². The van der Waals surface area contributed by atoms with Gasteiger partial charge in [0, 0.05) is 10.6 Å². The van der Waals surface area contributed by atoms with Gasteiger partial charge < -0.3 is 9.73 Å². The van der Waals surface area contributed by atoms with Gasteiger partial charge in [0.2, 0.25) is 0 Å². The van der Waals surface area contributed by atoms with E-state index in [0.717, 1.165) is 17.0 Å². The Bertz CT molecular complexity index is 534. The van der Waals surface area contributed by atoms with Crippen LogP contribution < -0.4 is 5.32 Å². The summed E-state index contributed by atoms with van der Waals surface area (Å²) in [6.45, 7) is 2.44. The summed E-state index contributed by atoms with van der Waals surface area (Å²) in [6, 6.07) is 7.98. The van der Waals surface area contributed by atoms with Crippen LogP contribution in [0.2, 0.25) is 0 Å². The van der Waals surface area contributed by atoms with Gasteiger partial charge in [-0.15, -0.1) is 0 Å². The number of hydrogen-bond acceptors (Lipinski definition) is 3.